The van der Waals surface area contributed by atoms with Crippen LogP contribution in [0.25, 0.3) is 0 Å². The number of carbonyl (C=O) groups is 2. The number of rotatable bonds is 5. The van der Waals surface area contributed by atoms with Crippen molar-refractivity contribution in [2.45, 2.75) is 25.3 Å². The number of likely N-dealkylation sites (tertiary alicyclic amines) is 1. The van der Waals surface area contributed by atoms with Crippen LogP contribution in [0.1, 0.15) is 19.3 Å². The average Bonchev–Trinajstić information content (AvgIpc) is 2.88. The number of aliphatic carboxylic acids is 1. The highest BCUT2D eigenvalue weighted by atomic mass is 35.5. The second-order valence-electron chi connectivity index (χ2n) is 4.84. The van der Waals surface area contributed by atoms with Crippen molar-refractivity contribution in [2.75, 3.05) is 18.4 Å². The average molecular weight is 297 g/mol. The van der Waals surface area contributed by atoms with Crippen molar-refractivity contribution in [3.8, 4) is 0 Å². The summed E-state index contributed by atoms with van der Waals surface area (Å²) < 4.78 is 0. The van der Waals surface area contributed by atoms with Gasteiger partial charge in [0.1, 0.15) is 6.04 Å². The molecule has 1 saturated heterocycles. The van der Waals surface area contributed by atoms with Gasteiger partial charge in [0.25, 0.3) is 0 Å². The van der Waals surface area contributed by atoms with E-state index in [-0.39, 0.29) is 12.3 Å². The maximum absolute atomic E-state index is 11.8. The molecule has 2 N–H and O–H groups in total. The lowest BCUT2D eigenvalue weighted by Crippen LogP contribution is -2.37. The molecule has 1 unspecified atom stereocenters. The molecule has 1 heterocycles. The van der Waals surface area contributed by atoms with E-state index in [1.54, 1.807) is 24.3 Å². The molecule has 5 nitrogen and oxygen atoms in total. The predicted molar refractivity (Wildman–Crippen MR) is 76.9 cm³/mol. The smallest absolute Gasteiger partial charge is 0.320 e. The first-order valence-corrected chi connectivity index (χ1v) is 6.96. The largest absolute Gasteiger partial charge is 0.480 e. The van der Waals surface area contributed by atoms with E-state index in [0.29, 0.717) is 23.7 Å². The topological polar surface area (TPSA) is 69.6 Å². The van der Waals surface area contributed by atoms with Crippen molar-refractivity contribution in [1.82, 2.24) is 4.90 Å². The Bertz CT molecular complexity index is 490. The number of halogens is 1. The second-order valence-corrected chi connectivity index (χ2v) is 5.27. The molecule has 0 radical (unpaired) electrons. The Balaban J connectivity index is 1.80. The normalized spacial score (nSPS) is 18.9. The number of carbonyl (C=O) groups excluding carboxylic acids is 1. The van der Waals surface area contributed by atoms with Gasteiger partial charge in [-0.3, -0.25) is 14.5 Å². The molecule has 0 aliphatic carbocycles. The number of anilines is 1. The number of carboxylic acids is 1. The molecule has 1 aromatic carbocycles. The van der Waals surface area contributed by atoms with Crippen LogP contribution in [0.5, 0.6) is 0 Å². The van der Waals surface area contributed by atoms with Crippen LogP contribution in [0.4, 0.5) is 5.69 Å². The molecule has 20 heavy (non-hydrogen) atoms. The molecule has 0 saturated carbocycles. The van der Waals surface area contributed by atoms with Crippen molar-refractivity contribution in [3.05, 3.63) is 29.3 Å². The van der Waals surface area contributed by atoms with Crippen LogP contribution in [0, 0.1) is 0 Å². The summed E-state index contributed by atoms with van der Waals surface area (Å²) in [6, 6.07) is 6.43. The Kier molecular flexibility index (Phi) is 4.98. The molecule has 0 bridgehead atoms. The molecule has 1 aliphatic heterocycles. The number of hydrogen-bond donors (Lipinski definition) is 2. The molecule has 1 fully saturated rings. The number of nitrogens with zero attached hydrogens (tertiary/aromatic N) is 1. The van der Waals surface area contributed by atoms with Crippen LogP contribution >= 0.6 is 11.6 Å². The third-order valence-corrected chi connectivity index (χ3v) is 3.65. The van der Waals surface area contributed by atoms with E-state index >= 15 is 0 Å². The molecule has 1 aliphatic rings. The number of nitrogens with one attached hydrogen (secondary N) is 1. The molecule has 0 spiro atoms. The van der Waals surface area contributed by atoms with Crippen molar-refractivity contribution in [3.63, 3.8) is 0 Å². The van der Waals surface area contributed by atoms with Crippen LogP contribution in [-0.4, -0.2) is 41.0 Å². The highest BCUT2D eigenvalue weighted by Gasteiger charge is 2.30. The zero-order valence-electron chi connectivity index (χ0n) is 11.0. The fourth-order valence-electron chi connectivity index (χ4n) is 2.38. The van der Waals surface area contributed by atoms with Gasteiger partial charge in [0.15, 0.2) is 0 Å². The van der Waals surface area contributed by atoms with Gasteiger partial charge in [-0.25, -0.2) is 0 Å². The Hall–Kier alpha value is -1.59. The minimum Gasteiger partial charge on any atom is -0.480 e. The van der Waals surface area contributed by atoms with Gasteiger partial charge in [0.05, 0.1) is 0 Å². The van der Waals surface area contributed by atoms with Crippen LogP contribution in [-0.2, 0) is 9.59 Å². The molecule has 2 rings (SSSR count). The first kappa shape index (κ1) is 14.8. The van der Waals surface area contributed by atoms with Gasteiger partial charge < -0.3 is 10.4 Å². The third kappa shape index (κ3) is 3.95. The van der Waals surface area contributed by atoms with E-state index in [2.05, 4.69) is 5.32 Å². The summed E-state index contributed by atoms with van der Waals surface area (Å²) in [6.07, 6.45) is 1.82. The number of hydrogen-bond acceptors (Lipinski definition) is 3. The molecule has 1 aromatic rings. The SMILES string of the molecule is O=C(CCN1CCCC1C(=O)O)Nc1ccc(Cl)cc1. The van der Waals surface area contributed by atoms with Gasteiger partial charge in [-0.05, 0) is 43.7 Å². The minimum atomic E-state index is -0.805. The maximum atomic E-state index is 11.8. The van der Waals surface area contributed by atoms with E-state index < -0.39 is 12.0 Å². The molecular weight excluding hydrogens is 280 g/mol. The van der Waals surface area contributed by atoms with Gasteiger partial charge in [-0.15, -0.1) is 0 Å². The van der Waals surface area contributed by atoms with Crippen LogP contribution < -0.4 is 5.32 Å². The molecule has 0 aromatic heterocycles. The Labute approximate surface area is 122 Å². The van der Waals surface area contributed by atoms with Crippen molar-refractivity contribution >= 4 is 29.2 Å². The highest BCUT2D eigenvalue weighted by molar-refractivity contribution is 6.30. The monoisotopic (exact) mass is 296 g/mol. The van der Waals surface area contributed by atoms with E-state index in [1.165, 1.54) is 0 Å². The Morgan fingerprint density at radius 1 is 1.35 bits per heavy atom. The summed E-state index contributed by atoms with van der Waals surface area (Å²) in [5.74, 6) is -0.927. The van der Waals surface area contributed by atoms with E-state index in [1.807, 2.05) is 4.90 Å². The van der Waals surface area contributed by atoms with Crippen molar-refractivity contribution in [1.29, 1.82) is 0 Å². The summed E-state index contributed by atoms with van der Waals surface area (Å²) in [4.78, 5) is 24.7. The molecule has 6 heteroatoms. The second kappa shape index (κ2) is 6.72. The fraction of sp³-hybridized carbons (Fsp3) is 0.429. The summed E-state index contributed by atoms with van der Waals surface area (Å²) in [5.41, 5.74) is 0.690. The van der Waals surface area contributed by atoms with Gasteiger partial charge in [0, 0.05) is 23.7 Å². The molecule has 108 valence electrons. The van der Waals surface area contributed by atoms with Gasteiger partial charge >= 0.3 is 5.97 Å². The minimum absolute atomic E-state index is 0.122. The van der Waals surface area contributed by atoms with Crippen molar-refractivity contribution < 1.29 is 14.7 Å². The Morgan fingerprint density at radius 2 is 2.05 bits per heavy atom. The van der Waals surface area contributed by atoms with Gasteiger partial charge in [-0.2, -0.15) is 0 Å². The van der Waals surface area contributed by atoms with Crippen LogP contribution in [0.3, 0.4) is 0 Å². The summed E-state index contributed by atoms with van der Waals surface area (Å²) in [7, 11) is 0. The van der Waals surface area contributed by atoms with Crippen LogP contribution in [0.2, 0.25) is 5.02 Å². The van der Waals surface area contributed by atoms with E-state index in [4.69, 9.17) is 16.7 Å². The molecular formula is C14H17ClN2O3. The lowest BCUT2D eigenvalue weighted by atomic mass is 10.2. The molecule has 1 amide bonds. The van der Waals surface area contributed by atoms with E-state index in [9.17, 15) is 9.59 Å². The number of carboxylic acid groups (broad SMARTS) is 1. The fourth-order valence-corrected chi connectivity index (χ4v) is 2.50. The summed E-state index contributed by atoms with van der Waals surface area (Å²) >= 11 is 5.77. The van der Waals surface area contributed by atoms with Crippen molar-refractivity contribution in [2.24, 2.45) is 0 Å². The van der Waals surface area contributed by atoms with Gasteiger partial charge in [-0.1, -0.05) is 11.6 Å². The third-order valence-electron chi connectivity index (χ3n) is 3.40. The lowest BCUT2D eigenvalue weighted by Gasteiger charge is -2.20. The number of amides is 1. The predicted octanol–water partition coefficient (Wildman–Crippen LogP) is 2.22. The van der Waals surface area contributed by atoms with Gasteiger partial charge in [0.2, 0.25) is 5.91 Å². The standard InChI is InChI=1S/C14H17ClN2O3/c15-10-3-5-11(6-4-10)16-13(18)7-9-17-8-1-2-12(17)14(19)20/h3-6,12H,1-2,7-9H2,(H,16,18)(H,19,20). The highest BCUT2D eigenvalue weighted by Crippen LogP contribution is 2.18. The summed E-state index contributed by atoms with van der Waals surface area (Å²) in [5, 5.41) is 12.4. The summed E-state index contributed by atoms with van der Waals surface area (Å²) in [6.45, 7) is 1.21. The lowest BCUT2D eigenvalue weighted by molar-refractivity contribution is -0.142. The zero-order valence-corrected chi connectivity index (χ0v) is 11.8. The first-order chi connectivity index (χ1) is 9.56. The number of benzene rings is 1. The zero-order chi connectivity index (χ0) is 14.5. The molecule has 1 atom stereocenters. The first-order valence-electron chi connectivity index (χ1n) is 6.58. The Morgan fingerprint density at radius 3 is 2.70 bits per heavy atom. The maximum Gasteiger partial charge on any atom is 0.320 e. The quantitative estimate of drug-likeness (QED) is 0.874. The van der Waals surface area contributed by atoms with E-state index in [0.717, 1.165) is 13.0 Å². The van der Waals surface area contributed by atoms with Crippen LogP contribution in [0.15, 0.2) is 24.3 Å².